The van der Waals surface area contributed by atoms with Crippen LogP contribution in [0.5, 0.6) is 0 Å². The van der Waals surface area contributed by atoms with Crippen molar-refractivity contribution in [1.29, 1.82) is 0 Å². The van der Waals surface area contributed by atoms with Crippen molar-refractivity contribution in [1.82, 2.24) is 4.90 Å². The highest BCUT2D eigenvalue weighted by molar-refractivity contribution is 9.10. The van der Waals surface area contributed by atoms with Crippen LogP contribution in [0.3, 0.4) is 0 Å². The number of halogens is 2. The number of carbonyl (C=O) groups is 2. The molecule has 2 amide bonds. The Morgan fingerprint density at radius 1 is 1.13 bits per heavy atom. The lowest BCUT2D eigenvalue weighted by Gasteiger charge is -2.12. The summed E-state index contributed by atoms with van der Waals surface area (Å²) in [5.74, 6) is -0.0639. The van der Waals surface area contributed by atoms with E-state index in [0.29, 0.717) is 27.1 Å². The molecule has 2 heterocycles. The molecule has 156 valence electrons. The molecule has 0 saturated carbocycles. The zero-order chi connectivity index (χ0) is 22.1. The summed E-state index contributed by atoms with van der Waals surface area (Å²) in [4.78, 5) is 36.6. The van der Waals surface area contributed by atoms with Gasteiger partial charge in [0, 0.05) is 28.2 Å². The lowest BCUT2D eigenvalue weighted by Crippen LogP contribution is -2.27. The number of hydrogen-bond donors (Lipinski definition) is 0. The van der Waals surface area contributed by atoms with Crippen molar-refractivity contribution < 1.29 is 23.3 Å². The molecule has 1 aliphatic rings. The van der Waals surface area contributed by atoms with Gasteiger partial charge in [0.2, 0.25) is 0 Å². The SMILES string of the molecule is O=C1S/C(=C\c2ccc(-c3ccc([N+](=O)[O-])cc3Br)o2)C(=O)N1Cc1ccc(F)cc1. The Balaban J connectivity index is 1.54. The Morgan fingerprint density at radius 3 is 2.55 bits per heavy atom. The third-order valence-electron chi connectivity index (χ3n) is 4.46. The molecule has 3 aromatic rings. The lowest BCUT2D eigenvalue weighted by molar-refractivity contribution is -0.384. The van der Waals surface area contributed by atoms with Crippen molar-refractivity contribution in [2.75, 3.05) is 0 Å². The number of carbonyl (C=O) groups excluding carboxylic acids is 2. The monoisotopic (exact) mass is 502 g/mol. The molecule has 0 bridgehead atoms. The highest BCUT2D eigenvalue weighted by Crippen LogP contribution is 2.36. The molecule has 0 aliphatic carbocycles. The van der Waals surface area contributed by atoms with Crippen LogP contribution in [0.2, 0.25) is 0 Å². The maximum atomic E-state index is 13.1. The summed E-state index contributed by atoms with van der Waals surface area (Å²) in [6.07, 6.45) is 1.47. The maximum Gasteiger partial charge on any atom is 0.293 e. The van der Waals surface area contributed by atoms with Crippen molar-refractivity contribution in [3.63, 3.8) is 0 Å². The molecule has 0 radical (unpaired) electrons. The third kappa shape index (κ3) is 4.44. The first-order chi connectivity index (χ1) is 14.8. The molecule has 31 heavy (non-hydrogen) atoms. The van der Waals surface area contributed by atoms with Crippen molar-refractivity contribution in [3.05, 3.63) is 91.2 Å². The average molecular weight is 503 g/mol. The number of thioether (sulfide) groups is 1. The quantitative estimate of drug-likeness (QED) is 0.241. The number of rotatable bonds is 5. The van der Waals surface area contributed by atoms with Gasteiger partial charge in [0.15, 0.2) is 0 Å². The molecule has 1 saturated heterocycles. The second-order valence-corrected chi connectivity index (χ2v) is 8.37. The molecule has 0 spiro atoms. The number of nitro groups is 1. The van der Waals surface area contributed by atoms with Gasteiger partial charge in [0.25, 0.3) is 16.8 Å². The molecule has 2 aromatic carbocycles. The van der Waals surface area contributed by atoms with Crippen LogP contribution in [0.15, 0.2) is 68.4 Å². The van der Waals surface area contributed by atoms with E-state index >= 15 is 0 Å². The van der Waals surface area contributed by atoms with Crippen LogP contribution >= 0.6 is 27.7 Å². The molecule has 0 N–H and O–H groups in total. The minimum absolute atomic E-state index is 0.0431. The largest absolute Gasteiger partial charge is 0.457 e. The Labute approximate surface area is 187 Å². The van der Waals surface area contributed by atoms with E-state index in [1.165, 1.54) is 42.5 Å². The van der Waals surface area contributed by atoms with E-state index in [0.717, 1.165) is 16.7 Å². The Hall–Kier alpha value is -3.24. The predicted molar refractivity (Wildman–Crippen MR) is 116 cm³/mol. The molecule has 1 aliphatic heterocycles. The second-order valence-electron chi connectivity index (χ2n) is 6.52. The van der Waals surface area contributed by atoms with Crippen LogP contribution in [0.4, 0.5) is 14.9 Å². The van der Waals surface area contributed by atoms with Crippen molar-refractivity contribution >= 4 is 50.6 Å². The molecular formula is C21H12BrFN2O5S. The third-order valence-corrected chi connectivity index (χ3v) is 6.02. The number of imide groups is 1. The van der Waals surface area contributed by atoms with Crippen LogP contribution in [0, 0.1) is 15.9 Å². The van der Waals surface area contributed by atoms with E-state index in [1.807, 2.05) is 0 Å². The summed E-state index contributed by atoms with van der Waals surface area (Å²) in [6.45, 7) is 0.0431. The molecule has 1 aromatic heterocycles. The maximum absolute atomic E-state index is 13.1. The highest BCUT2D eigenvalue weighted by atomic mass is 79.9. The van der Waals surface area contributed by atoms with E-state index in [2.05, 4.69) is 15.9 Å². The smallest absolute Gasteiger partial charge is 0.293 e. The summed E-state index contributed by atoms with van der Waals surface area (Å²) >= 11 is 4.09. The molecule has 0 atom stereocenters. The van der Waals surface area contributed by atoms with Gasteiger partial charge in [-0.25, -0.2) is 4.39 Å². The zero-order valence-corrected chi connectivity index (χ0v) is 18.0. The van der Waals surface area contributed by atoms with Crippen molar-refractivity contribution in [2.24, 2.45) is 0 Å². The Kier molecular flexibility index (Phi) is 5.75. The second kappa shape index (κ2) is 8.48. The highest BCUT2D eigenvalue weighted by Gasteiger charge is 2.35. The number of furan rings is 1. The van der Waals surface area contributed by atoms with E-state index in [-0.39, 0.29) is 17.1 Å². The standard InChI is InChI=1S/C21H12BrFN2O5S/c22-17-9-14(25(28)29)5-7-16(17)18-8-6-15(30-18)10-19-20(26)24(21(27)31-19)11-12-1-3-13(23)4-2-12/h1-10H,11H2/b19-10-. The van der Waals surface area contributed by atoms with Gasteiger partial charge < -0.3 is 4.42 Å². The Bertz CT molecular complexity index is 1240. The minimum atomic E-state index is -0.496. The molecule has 0 unspecified atom stereocenters. The number of nitro benzene ring substituents is 1. The summed E-state index contributed by atoms with van der Waals surface area (Å²) < 4.78 is 19.3. The molecule has 10 heteroatoms. The summed E-state index contributed by atoms with van der Waals surface area (Å²) in [7, 11) is 0. The van der Waals surface area contributed by atoms with Crippen LogP contribution < -0.4 is 0 Å². The zero-order valence-electron chi connectivity index (χ0n) is 15.6. The number of benzene rings is 2. The van der Waals surface area contributed by atoms with Gasteiger partial charge in [-0.1, -0.05) is 12.1 Å². The van der Waals surface area contributed by atoms with E-state index in [1.54, 1.807) is 18.2 Å². The van der Waals surface area contributed by atoms with E-state index in [4.69, 9.17) is 4.42 Å². The minimum Gasteiger partial charge on any atom is -0.457 e. The van der Waals surface area contributed by atoms with Gasteiger partial charge >= 0.3 is 0 Å². The lowest BCUT2D eigenvalue weighted by atomic mass is 10.1. The topological polar surface area (TPSA) is 93.7 Å². The fourth-order valence-electron chi connectivity index (χ4n) is 2.93. The van der Waals surface area contributed by atoms with E-state index in [9.17, 15) is 24.1 Å². The molecule has 4 rings (SSSR count). The first-order valence-corrected chi connectivity index (χ1v) is 10.5. The molecule has 7 nitrogen and oxygen atoms in total. The normalized spacial score (nSPS) is 15.2. The fourth-order valence-corrected chi connectivity index (χ4v) is 4.31. The number of non-ortho nitro benzene ring substituents is 1. The Morgan fingerprint density at radius 2 is 1.87 bits per heavy atom. The number of nitrogens with zero attached hydrogens (tertiary/aromatic N) is 2. The van der Waals surface area contributed by atoms with Gasteiger partial charge in [0.1, 0.15) is 17.3 Å². The van der Waals surface area contributed by atoms with Gasteiger partial charge in [-0.05, 0) is 63.6 Å². The molecule has 1 fully saturated rings. The predicted octanol–water partition coefficient (Wildman–Crippen LogP) is 5.99. The van der Waals surface area contributed by atoms with E-state index < -0.39 is 21.9 Å². The van der Waals surface area contributed by atoms with Gasteiger partial charge in [-0.15, -0.1) is 0 Å². The van der Waals surface area contributed by atoms with Gasteiger partial charge in [-0.3, -0.25) is 24.6 Å². The van der Waals surface area contributed by atoms with Gasteiger partial charge in [0.05, 0.1) is 16.4 Å². The number of hydrogen-bond acceptors (Lipinski definition) is 6. The van der Waals surface area contributed by atoms with Crippen LogP contribution in [-0.2, 0) is 11.3 Å². The summed E-state index contributed by atoms with van der Waals surface area (Å²) in [6, 6.07) is 13.2. The summed E-state index contributed by atoms with van der Waals surface area (Å²) in [5.41, 5.74) is 1.18. The summed E-state index contributed by atoms with van der Waals surface area (Å²) in [5, 5.41) is 10.5. The van der Waals surface area contributed by atoms with Crippen molar-refractivity contribution in [3.8, 4) is 11.3 Å². The first kappa shape index (κ1) is 21.0. The number of amides is 2. The van der Waals surface area contributed by atoms with Crippen LogP contribution in [-0.4, -0.2) is 21.0 Å². The molecular weight excluding hydrogens is 491 g/mol. The fraction of sp³-hybridized carbons (Fsp3) is 0.0476. The van der Waals surface area contributed by atoms with Gasteiger partial charge in [-0.2, -0.15) is 0 Å². The van der Waals surface area contributed by atoms with Crippen molar-refractivity contribution in [2.45, 2.75) is 6.54 Å². The first-order valence-electron chi connectivity index (χ1n) is 8.86. The van der Waals surface area contributed by atoms with Crippen LogP contribution in [0.1, 0.15) is 11.3 Å². The van der Waals surface area contributed by atoms with Crippen LogP contribution in [0.25, 0.3) is 17.4 Å². The average Bonchev–Trinajstić information content (AvgIpc) is 3.29.